The summed E-state index contributed by atoms with van der Waals surface area (Å²) in [5.74, 6) is -1.57. The first-order valence-electron chi connectivity index (χ1n) is 12.1. The third kappa shape index (κ3) is 5.65. The van der Waals surface area contributed by atoms with E-state index in [-0.39, 0.29) is 43.4 Å². The van der Waals surface area contributed by atoms with Gasteiger partial charge in [0.1, 0.15) is 19.3 Å². The van der Waals surface area contributed by atoms with Crippen molar-refractivity contribution in [2.24, 2.45) is 11.8 Å². The molecule has 0 aromatic heterocycles. The molecule has 0 bridgehead atoms. The van der Waals surface area contributed by atoms with Crippen molar-refractivity contribution in [3.8, 4) is 11.1 Å². The maximum Gasteiger partial charge on any atom is 0.407 e. The second-order valence-electron chi connectivity index (χ2n) is 9.55. The maximum atomic E-state index is 13.0. The number of nitrogens with one attached hydrogen (secondary N) is 1. The molecule has 0 spiro atoms. The van der Waals surface area contributed by atoms with E-state index < -0.39 is 18.2 Å². The zero-order valence-electron chi connectivity index (χ0n) is 20.1. The van der Waals surface area contributed by atoms with Gasteiger partial charge in [-0.05, 0) is 34.6 Å². The summed E-state index contributed by atoms with van der Waals surface area (Å²) >= 11 is 0. The van der Waals surface area contributed by atoms with Crippen LogP contribution in [0.1, 0.15) is 37.3 Å². The van der Waals surface area contributed by atoms with Crippen molar-refractivity contribution in [2.45, 2.75) is 32.3 Å². The zero-order valence-corrected chi connectivity index (χ0v) is 20.1. The average Bonchev–Trinajstić information content (AvgIpc) is 3.42. The van der Waals surface area contributed by atoms with Crippen molar-refractivity contribution in [3.63, 3.8) is 0 Å². The van der Waals surface area contributed by atoms with E-state index in [9.17, 15) is 19.5 Å². The number of carbonyl (C=O) groups excluding carboxylic acids is 2. The SMILES string of the molecule is CC(C)CN(CC(=O)O)C(=O)C1OCCC1CNC(=O)OCC1c2ccccc2-c2ccccc21. The van der Waals surface area contributed by atoms with Crippen LogP contribution in [0.2, 0.25) is 0 Å². The van der Waals surface area contributed by atoms with Gasteiger partial charge in [-0.2, -0.15) is 0 Å². The van der Waals surface area contributed by atoms with Gasteiger partial charge in [0, 0.05) is 31.5 Å². The number of nitrogens with zero attached hydrogens (tertiary/aromatic N) is 1. The van der Waals surface area contributed by atoms with Crippen molar-refractivity contribution in [1.82, 2.24) is 10.2 Å². The van der Waals surface area contributed by atoms with E-state index in [4.69, 9.17) is 9.47 Å². The molecule has 1 saturated heterocycles. The van der Waals surface area contributed by atoms with Crippen LogP contribution in [0.5, 0.6) is 0 Å². The zero-order chi connectivity index (χ0) is 24.9. The van der Waals surface area contributed by atoms with Crippen LogP contribution in [-0.4, -0.2) is 66.9 Å². The van der Waals surface area contributed by atoms with Gasteiger partial charge in [-0.15, -0.1) is 0 Å². The molecule has 2 aromatic rings. The summed E-state index contributed by atoms with van der Waals surface area (Å²) in [5.41, 5.74) is 4.60. The van der Waals surface area contributed by atoms with Gasteiger partial charge in [-0.25, -0.2) is 4.79 Å². The van der Waals surface area contributed by atoms with Gasteiger partial charge in [-0.1, -0.05) is 62.4 Å². The van der Waals surface area contributed by atoms with E-state index >= 15 is 0 Å². The number of amides is 2. The fourth-order valence-electron chi connectivity index (χ4n) is 5.00. The Kier molecular flexibility index (Phi) is 7.70. The molecule has 2 aromatic carbocycles. The van der Waals surface area contributed by atoms with E-state index in [1.165, 1.54) is 4.90 Å². The molecule has 8 heteroatoms. The minimum Gasteiger partial charge on any atom is -0.480 e. The largest absolute Gasteiger partial charge is 0.480 e. The van der Waals surface area contributed by atoms with Crippen LogP contribution in [0.15, 0.2) is 48.5 Å². The number of hydrogen-bond donors (Lipinski definition) is 2. The molecule has 1 heterocycles. The number of rotatable bonds is 9. The Hall–Kier alpha value is -3.39. The molecule has 8 nitrogen and oxygen atoms in total. The van der Waals surface area contributed by atoms with Crippen LogP contribution in [0.4, 0.5) is 4.79 Å². The molecule has 2 atom stereocenters. The smallest absolute Gasteiger partial charge is 0.407 e. The lowest BCUT2D eigenvalue weighted by Crippen LogP contribution is -2.47. The number of carbonyl (C=O) groups is 3. The lowest BCUT2D eigenvalue weighted by atomic mass is 9.98. The molecule has 1 aliphatic heterocycles. The Balaban J connectivity index is 1.33. The number of carboxylic acid groups (broad SMARTS) is 1. The van der Waals surface area contributed by atoms with Crippen LogP contribution in [0.3, 0.4) is 0 Å². The molecule has 1 fully saturated rings. The highest BCUT2D eigenvalue weighted by molar-refractivity contribution is 5.85. The molecule has 0 saturated carbocycles. The monoisotopic (exact) mass is 480 g/mol. The third-order valence-electron chi connectivity index (χ3n) is 6.53. The fourth-order valence-corrected chi connectivity index (χ4v) is 5.00. The van der Waals surface area contributed by atoms with E-state index in [1.54, 1.807) is 0 Å². The number of benzene rings is 2. The first kappa shape index (κ1) is 24.7. The summed E-state index contributed by atoms with van der Waals surface area (Å²) in [6.45, 7) is 4.62. The number of hydrogen-bond acceptors (Lipinski definition) is 5. The quantitative estimate of drug-likeness (QED) is 0.569. The number of fused-ring (bicyclic) bond motifs is 3. The lowest BCUT2D eigenvalue weighted by molar-refractivity contribution is -0.150. The molecule has 4 rings (SSSR count). The van der Waals surface area contributed by atoms with E-state index in [1.807, 2.05) is 38.1 Å². The highest BCUT2D eigenvalue weighted by Gasteiger charge is 2.38. The van der Waals surface area contributed by atoms with E-state index in [2.05, 4.69) is 29.6 Å². The molecular weight excluding hydrogens is 448 g/mol. The Labute approximate surface area is 205 Å². The third-order valence-corrected chi connectivity index (χ3v) is 6.53. The number of aliphatic carboxylic acids is 1. The molecular formula is C27H32N2O6. The Bertz CT molecular complexity index is 1040. The lowest BCUT2D eigenvalue weighted by Gasteiger charge is -2.27. The highest BCUT2D eigenvalue weighted by Crippen LogP contribution is 2.44. The molecule has 2 N–H and O–H groups in total. The van der Waals surface area contributed by atoms with Gasteiger partial charge >= 0.3 is 12.1 Å². The summed E-state index contributed by atoms with van der Waals surface area (Å²) in [6, 6.07) is 16.3. The van der Waals surface area contributed by atoms with Gasteiger partial charge in [0.2, 0.25) is 0 Å². The fraction of sp³-hybridized carbons (Fsp3) is 0.444. The molecule has 186 valence electrons. The summed E-state index contributed by atoms with van der Waals surface area (Å²) in [5, 5.41) is 12.0. The van der Waals surface area contributed by atoms with Crippen molar-refractivity contribution >= 4 is 18.0 Å². The highest BCUT2D eigenvalue weighted by atomic mass is 16.5. The molecule has 0 radical (unpaired) electrons. The maximum absolute atomic E-state index is 13.0. The summed E-state index contributed by atoms with van der Waals surface area (Å²) in [7, 11) is 0. The molecule has 35 heavy (non-hydrogen) atoms. The van der Waals surface area contributed by atoms with E-state index in [0.717, 1.165) is 22.3 Å². The van der Waals surface area contributed by atoms with Gasteiger partial charge in [-0.3, -0.25) is 9.59 Å². The molecule has 2 aliphatic rings. The van der Waals surface area contributed by atoms with Crippen LogP contribution in [0, 0.1) is 11.8 Å². The predicted octanol–water partition coefficient (Wildman–Crippen LogP) is 3.50. The van der Waals surface area contributed by atoms with Crippen LogP contribution in [-0.2, 0) is 19.1 Å². The number of alkyl carbamates (subject to hydrolysis) is 1. The summed E-state index contributed by atoms with van der Waals surface area (Å²) in [4.78, 5) is 38.1. The summed E-state index contributed by atoms with van der Waals surface area (Å²) in [6.07, 6.45) is -0.723. The van der Waals surface area contributed by atoms with Crippen molar-refractivity contribution in [2.75, 3.05) is 32.8 Å². The second-order valence-corrected chi connectivity index (χ2v) is 9.55. The molecule has 2 unspecified atom stereocenters. The van der Waals surface area contributed by atoms with Crippen LogP contribution >= 0.6 is 0 Å². The first-order valence-corrected chi connectivity index (χ1v) is 12.1. The van der Waals surface area contributed by atoms with Crippen molar-refractivity contribution in [1.29, 1.82) is 0 Å². The Morgan fingerprint density at radius 2 is 1.71 bits per heavy atom. The standard InChI is InChI=1S/C27H32N2O6/c1-17(2)14-29(15-24(30)31)26(32)25-18(11-12-34-25)13-28-27(33)35-16-23-21-9-5-3-7-19(21)20-8-4-6-10-22(20)23/h3-10,17-18,23,25H,11-16H2,1-2H3,(H,28,33)(H,30,31). The van der Waals surface area contributed by atoms with Gasteiger partial charge in [0.25, 0.3) is 5.91 Å². The average molecular weight is 481 g/mol. The minimum atomic E-state index is -1.06. The van der Waals surface area contributed by atoms with Gasteiger partial charge in [0.05, 0.1) is 0 Å². The number of carboxylic acids is 1. The Morgan fingerprint density at radius 1 is 1.09 bits per heavy atom. The summed E-state index contributed by atoms with van der Waals surface area (Å²) < 4.78 is 11.2. The molecule has 1 aliphatic carbocycles. The van der Waals surface area contributed by atoms with Gasteiger partial charge in [0.15, 0.2) is 0 Å². The van der Waals surface area contributed by atoms with Crippen molar-refractivity contribution in [3.05, 3.63) is 59.7 Å². The first-order chi connectivity index (χ1) is 16.8. The van der Waals surface area contributed by atoms with Crippen LogP contribution in [0.25, 0.3) is 11.1 Å². The van der Waals surface area contributed by atoms with Crippen molar-refractivity contribution < 1.29 is 29.0 Å². The van der Waals surface area contributed by atoms with Crippen LogP contribution < -0.4 is 5.32 Å². The van der Waals surface area contributed by atoms with Gasteiger partial charge < -0.3 is 24.8 Å². The predicted molar refractivity (Wildman–Crippen MR) is 130 cm³/mol. The second kappa shape index (κ2) is 10.9. The number of ether oxygens (including phenoxy) is 2. The van der Waals surface area contributed by atoms with E-state index in [0.29, 0.717) is 19.6 Å². The normalized spacial score (nSPS) is 18.7. The minimum absolute atomic E-state index is 0.0297. The topological polar surface area (TPSA) is 105 Å². The molecule has 2 amide bonds. The Morgan fingerprint density at radius 3 is 2.31 bits per heavy atom.